The number of ether oxygens (including phenoxy) is 1. The second kappa shape index (κ2) is 6.13. The van der Waals surface area contributed by atoms with Gasteiger partial charge >= 0.3 is 0 Å². The lowest BCUT2D eigenvalue weighted by atomic mass is 9.89. The summed E-state index contributed by atoms with van der Waals surface area (Å²) >= 11 is 0. The topological polar surface area (TPSA) is 50.3 Å². The van der Waals surface area contributed by atoms with E-state index in [1.165, 1.54) is 38.6 Å². The van der Waals surface area contributed by atoms with E-state index in [4.69, 9.17) is 4.74 Å². The highest BCUT2D eigenvalue weighted by molar-refractivity contribution is 5.25. The van der Waals surface area contributed by atoms with Gasteiger partial charge in [-0.05, 0) is 38.2 Å². The minimum Gasteiger partial charge on any atom is -0.373 e. The molecule has 3 aliphatic rings. The molecule has 0 bridgehead atoms. The molecule has 5 nitrogen and oxygen atoms in total. The van der Waals surface area contributed by atoms with Crippen LogP contribution in [0.5, 0.6) is 0 Å². The van der Waals surface area contributed by atoms with E-state index in [2.05, 4.69) is 20.2 Å². The molecule has 5 heteroatoms. The molecule has 1 aliphatic carbocycles. The lowest BCUT2D eigenvalue weighted by Crippen LogP contribution is -2.47. The van der Waals surface area contributed by atoms with Gasteiger partial charge in [0.15, 0.2) is 0 Å². The first-order valence-corrected chi connectivity index (χ1v) is 8.75. The van der Waals surface area contributed by atoms with Crippen molar-refractivity contribution in [2.24, 2.45) is 0 Å². The van der Waals surface area contributed by atoms with Crippen LogP contribution in [-0.2, 0) is 4.74 Å². The summed E-state index contributed by atoms with van der Waals surface area (Å²) in [7, 11) is 0. The summed E-state index contributed by atoms with van der Waals surface area (Å²) in [6, 6.07) is 3.10. The van der Waals surface area contributed by atoms with E-state index >= 15 is 0 Å². The fourth-order valence-electron chi connectivity index (χ4n) is 4.45. The number of rotatable bonds is 3. The Morgan fingerprint density at radius 3 is 2.82 bits per heavy atom. The predicted molar refractivity (Wildman–Crippen MR) is 85.8 cm³/mol. The van der Waals surface area contributed by atoms with Crippen LogP contribution in [0.3, 0.4) is 0 Å². The number of likely N-dealkylation sites (tertiary alicyclic amines) is 1. The van der Waals surface area contributed by atoms with E-state index in [0.29, 0.717) is 6.04 Å². The molecule has 1 N–H and O–H groups in total. The fourth-order valence-corrected chi connectivity index (χ4v) is 4.45. The van der Waals surface area contributed by atoms with Crippen molar-refractivity contribution in [2.75, 3.05) is 25.0 Å². The number of hydrogen-bond donors (Lipinski definition) is 1. The summed E-state index contributed by atoms with van der Waals surface area (Å²) < 4.78 is 6.26. The van der Waals surface area contributed by atoms with Gasteiger partial charge in [-0.3, -0.25) is 4.90 Å². The van der Waals surface area contributed by atoms with Crippen LogP contribution >= 0.6 is 0 Å². The highest BCUT2D eigenvalue weighted by Gasteiger charge is 2.45. The molecule has 1 aromatic heterocycles. The maximum Gasteiger partial charge on any atom is 0.222 e. The van der Waals surface area contributed by atoms with Crippen molar-refractivity contribution >= 4 is 5.95 Å². The predicted octanol–water partition coefficient (Wildman–Crippen LogP) is 2.45. The maximum absolute atomic E-state index is 6.26. The standard InChI is InChI=1S/C17H26N4O/c1-2-5-15(4-1)21-10-7-17(13-21)12-14(6-11-22-17)20-16-18-8-3-9-19-16/h3,8-9,14-15H,1-2,4-7,10-13H2,(H,18,19,20)/t14-,17+/m0/s1. The first kappa shape index (κ1) is 14.4. The molecule has 1 saturated carbocycles. The third-order valence-electron chi connectivity index (χ3n) is 5.58. The van der Waals surface area contributed by atoms with Crippen LogP contribution in [-0.4, -0.2) is 52.2 Å². The van der Waals surface area contributed by atoms with Crippen molar-refractivity contribution in [1.82, 2.24) is 14.9 Å². The van der Waals surface area contributed by atoms with Gasteiger partial charge in [0, 0.05) is 44.2 Å². The van der Waals surface area contributed by atoms with E-state index in [1.54, 1.807) is 12.4 Å². The summed E-state index contributed by atoms with van der Waals surface area (Å²) in [6.45, 7) is 3.17. The number of hydrogen-bond acceptors (Lipinski definition) is 5. The number of nitrogens with one attached hydrogen (secondary N) is 1. The fraction of sp³-hybridized carbons (Fsp3) is 0.765. The van der Waals surface area contributed by atoms with Gasteiger partial charge in [-0.15, -0.1) is 0 Å². The summed E-state index contributed by atoms with van der Waals surface area (Å²) in [5, 5.41) is 3.50. The molecule has 22 heavy (non-hydrogen) atoms. The Labute approximate surface area is 132 Å². The number of aromatic nitrogens is 2. The Morgan fingerprint density at radius 2 is 2.00 bits per heavy atom. The summed E-state index contributed by atoms with van der Waals surface area (Å²) in [4.78, 5) is 11.3. The van der Waals surface area contributed by atoms with E-state index in [9.17, 15) is 0 Å². The Hall–Kier alpha value is -1.20. The van der Waals surface area contributed by atoms with Gasteiger partial charge in [-0.25, -0.2) is 9.97 Å². The van der Waals surface area contributed by atoms with Crippen LogP contribution in [0.4, 0.5) is 5.95 Å². The maximum atomic E-state index is 6.26. The van der Waals surface area contributed by atoms with Crippen molar-refractivity contribution in [3.63, 3.8) is 0 Å². The second-order valence-corrected chi connectivity index (χ2v) is 7.10. The SMILES string of the molecule is c1cnc(N[C@H]2CCO[C@]3(CCN(C4CCCC4)C3)C2)nc1. The van der Waals surface area contributed by atoms with Crippen molar-refractivity contribution in [2.45, 2.75) is 62.6 Å². The van der Waals surface area contributed by atoms with Crippen molar-refractivity contribution in [3.8, 4) is 0 Å². The molecule has 3 fully saturated rings. The molecule has 0 unspecified atom stereocenters. The van der Waals surface area contributed by atoms with Crippen LogP contribution in [0.2, 0.25) is 0 Å². The van der Waals surface area contributed by atoms with Crippen LogP contribution < -0.4 is 5.32 Å². The Balaban J connectivity index is 1.38. The van der Waals surface area contributed by atoms with Gasteiger partial charge in [0.05, 0.1) is 5.60 Å². The third-order valence-corrected chi connectivity index (χ3v) is 5.58. The van der Waals surface area contributed by atoms with Gasteiger partial charge in [-0.1, -0.05) is 12.8 Å². The van der Waals surface area contributed by atoms with Crippen molar-refractivity contribution < 1.29 is 4.74 Å². The van der Waals surface area contributed by atoms with Crippen molar-refractivity contribution in [1.29, 1.82) is 0 Å². The monoisotopic (exact) mass is 302 g/mol. The average molecular weight is 302 g/mol. The van der Waals surface area contributed by atoms with E-state index in [1.807, 2.05) is 6.07 Å². The van der Waals surface area contributed by atoms with Gasteiger partial charge < -0.3 is 10.1 Å². The summed E-state index contributed by atoms with van der Waals surface area (Å²) in [5.74, 6) is 0.746. The first-order chi connectivity index (χ1) is 10.8. The zero-order valence-corrected chi connectivity index (χ0v) is 13.2. The highest BCUT2D eigenvalue weighted by atomic mass is 16.5. The molecule has 2 saturated heterocycles. The third kappa shape index (κ3) is 2.97. The van der Waals surface area contributed by atoms with Crippen LogP contribution in [0.25, 0.3) is 0 Å². The molecule has 3 heterocycles. The minimum atomic E-state index is 0.0628. The van der Waals surface area contributed by atoms with Crippen LogP contribution in [0, 0.1) is 0 Å². The molecule has 0 radical (unpaired) electrons. The first-order valence-electron chi connectivity index (χ1n) is 8.75. The van der Waals surface area contributed by atoms with Gasteiger partial charge in [0.1, 0.15) is 0 Å². The second-order valence-electron chi connectivity index (χ2n) is 7.10. The zero-order chi connectivity index (χ0) is 14.8. The molecule has 4 rings (SSSR count). The molecule has 120 valence electrons. The normalized spacial score (nSPS) is 33.5. The largest absolute Gasteiger partial charge is 0.373 e. The van der Waals surface area contributed by atoms with Gasteiger partial charge in [-0.2, -0.15) is 0 Å². The molecule has 0 aromatic carbocycles. The lowest BCUT2D eigenvalue weighted by molar-refractivity contribution is -0.0751. The molecule has 0 amide bonds. The molecule has 1 aromatic rings. The van der Waals surface area contributed by atoms with E-state index in [0.717, 1.165) is 38.0 Å². The Morgan fingerprint density at radius 1 is 1.18 bits per heavy atom. The molecule has 2 aliphatic heterocycles. The minimum absolute atomic E-state index is 0.0628. The number of anilines is 1. The Bertz CT molecular complexity index is 491. The van der Waals surface area contributed by atoms with Crippen LogP contribution in [0.15, 0.2) is 18.5 Å². The molecular weight excluding hydrogens is 276 g/mol. The molecule has 2 atom stereocenters. The number of nitrogens with zero attached hydrogens (tertiary/aromatic N) is 3. The zero-order valence-electron chi connectivity index (χ0n) is 13.2. The Kier molecular flexibility index (Phi) is 4.01. The van der Waals surface area contributed by atoms with Crippen molar-refractivity contribution in [3.05, 3.63) is 18.5 Å². The van der Waals surface area contributed by atoms with E-state index in [-0.39, 0.29) is 5.60 Å². The highest BCUT2D eigenvalue weighted by Crippen LogP contribution is 2.38. The van der Waals surface area contributed by atoms with E-state index < -0.39 is 0 Å². The molecule has 1 spiro atoms. The lowest BCUT2D eigenvalue weighted by Gasteiger charge is -2.39. The molecular formula is C17H26N4O. The van der Waals surface area contributed by atoms with Crippen LogP contribution in [0.1, 0.15) is 44.9 Å². The quantitative estimate of drug-likeness (QED) is 0.929. The smallest absolute Gasteiger partial charge is 0.222 e. The summed E-state index contributed by atoms with van der Waals surface area (Å²) in [6.07, 6.45) is 12.5. The average Bonchev–Trinajstić information content (AvgIpc) is 3.19. The summed E-state index contributed by atoms with van der Waals surface area (Å²) in [5.41, 5.74) is 0.0628. The van der Waals surface area contributed by atoms with Gasteiger partial charge in [0.2, 0.25) is 5.95 Å². The van der Waals surface area contributed by atoms with Gasteiger partial charge in [0.25, 0.3) is 0 Å².